The summed E-state index contributed by atoms with van der Waals surface area (Å²) in [5.74, 6) is -0.389. The van der Waals surface area contributed by atoms with Crippen molar-refractivity contribution < 1.29 is 14.7 Å². The molecule has 17 heavy (non-hydrogen) atoms. The van der Waals surface area contributed by atoms with Gasteiger partial charge in [0.25, 0.3) is 0 Å². The fourth-order valence-corrected chi connectivity index (χ4v) is 1.58. The standard InChI is InChI=1S/C6H13NO2.C6H11NO/c1-2-7-5-3-4-6(8)9;1-2-7-5-3-4-6(7)8/h7H,2-5H2,1H3,(H,8,9);2-5H2,1H3. The van der Waals surface area contributed by atoms with Crippen LogP contribution in [0.2, 0.25) is 0 Å². The number of carboxylic acid groups (broad SMARTS) is 1. The summed E-state index contributed by atoms with van der Waals surface area (Å²) in [6.07, 6.45) is 2.83. The number of nitrogens with one attached hydrogen (secondary N) is 1. The third-order valence-corrected chi connectivity index (χ3v) is 2.55. The van der Waals surface area contributed by atoms with E-state index in [1.807, 2.05) is 18.7 Å². The highest BCUT2D eigenvalue weighted by atomic mass is 16.4. The number of carbonyl (C=O) groups is 2. The minimum Gasteiger partial charge on any atom is -0.481 e. The molecule has 1 fully saturated rings. The monoisotopic (exact) mass is 244 g/mol. The van der Waals surface area contributed by atoms with Crippen LogP contribution < -0.4 is 5.32 Å². The largest absolute Gasteiger partial charge is 0.481 e. The van der Waals surface area contributed by atoms with Crippen LogP contribution in [0.25, 0.3) is 0 Å². The van der Waals surface area contributed by atoms with Crippen molar-refractivity contribution in [1.29, 1.82) is 0 Å². The SMILES string of the molecule is CCN1CCCC1=O.CCNCCCC(=O)O. The van der Waals surface area contributed by atoms with E-state index >= 15 is 0 Å². The van der Waals surface area contributed by atoms with Crippen molar-refractivity contribution in [3.8, 4) is 0 Å². The Labute approximate surface area is 103 Å². The first-order valence-corrected chi connectivity index (χ1v) is 6.32. The molecule has 1 heterocycles. The number of amides is 1. The van der Waals surface area contributed by atoms with E-state index in [1.54, 1.807) is 0 Å². The molecule has 0 radical (unpaired) electrons. The van der Waals surface area contributed by atoms with E-state index in [2.05, 4.69) is 5.32 Å². The Morgan fingerprint density at radius 2 is 2.18 bits per heavy atom. The average Bonchev–Trinajstić information content (AvgIpc) is 2.71. The molecule has 1 aliphatic heterocycles. The summed E-state index contributed by atoms with van der Waals surface area (Å²) in [6.45, 7) is 7.61. The number of rotatable bonds is 6. The van der Waals surface area contributed by atoms with Crippen molar-refractivity contribution in [2.45, 2.75) is 39.5 Å². The van der Waals surface area contributed by atoms with Crippen LogP contribution in [0.15, 0.2) is 0 Å². The number of hydrogen-bond acceptors (Lipinski definition) is 3. The van der Waals surface area contributed by atoms with Crippen molar-refractivity contribution in [3.63, 3.8) is 0 Å². The molecule has 2 N–H and O–H groups in total. The molecule has 5 nitrogen and oxygen atoms in total. The van der Waals surface area contributed by atoms with Gasteiger partial charge in [0.1, 0.15) is 0 Å². The summed E-state index contributed by atoms with van der Waals surface area (Å²) >= 11 is 0. The number of hydrogen-bond donors (Lipinski definition) is 2. The summed E-state index contributed by atoms with van der Waals surface area (Å²) in [4.78, 5) is 22.6. The molecule has 0 aromatic carbocycles. The van der Waals surface area contributed by atoms with E-state index in [4.69, 9.17) is 5.11 Å². The van der Waals surface area contributed by atoms with Crippen LogP contribution >= 0.6 is 0 Å². The predicted molar refractivity (Wildman–Crippen MR) is 66.9 cm³/mol. The molecule has 0 saturated carbocycles. The Kier molecular flexibility index (Phi) is 9.43. The lowest BCUT2D eigenvalue weighted by atomic mass is 10.3. The van der Waals surface area contributed by atoms with E-state index in [9.17, 15) is 9.59 Å². The van der Waals surface area contributed by atoms with Gasteiger partial charge in [-0.2, -0.15) is 0 Å². The van der Waals surface area contributed by atoms with Crippen LogP contribution in [0.3, 0.4) is 0 Å². The quantitative estimate of drug-likeness (QED) is 0.686. The van der Waals surface area contributed by atoms with Crippen molar-refractivity contribution in [3.05, 3.63) is 0 Å². The van der Waals surface area contributed by atoms with Crippen LogP contribution in [0.1, 0.15) is 39.5 Å². The van der Waals surface area contributed by atoms with Gasteiger partial charge in [-0.05, 0) is 32.9 Å². The Morgan fingerprint density at radius 1 is 1.47 bits per heavy atom. The van der Waals surface area contributed by atoms with Crippen LogP contribution in [0.4, 0.5) is 0 Å². The van der Waals surface area contributed by atoms with Gasteiger partial charge in [-0.3, -0.25) is 9.59 Å². The molecule has 0 atom stereocenters. The molecule has 1 saturated heterocycles. The summed E-state index contributed by atoms with van der Waals surface area (Å²) in [5, 5.41) is 11.2. The molecule has 0 bridgehead atoms. The number of carboxylic acids is 1. The maximum Gasteiger partial charge on any atom is 0.303 e. The second-order valence-electron chi connectivity index (χ2n) is 3.93. The van der Waals surface area contributed by atoms with Gasteiger partial charge < -0.3 is 15.3 Å². The average molecular weight is 244 g/mol. The van der Waals surface area contributed by atoms with Gasteiger partial charge in [0.05, 0.1) is 0 Å². The normalized spacial score (nSPS) is 14.5. The Balaban J connectivity index is 0.000000302. The third-order valence-electron chi connectivity index (χ3n) is 2.55. The first-order chi connectivity index (χ1) is 8.11. The highest BCUT2D eigenvalue weighted by Crippen LogP contribution is 2.07. The highest BCUT2D eigenvalue weighted by molar-refractivity contribution is 5.77. The molecule has 5 heteroatoms. The van der Waals surface area contributed by atoms with Crippen LogP contribution in [0, 0.1) is 0 Å². The zero-order valence-electron chi connectivity index (χ0n) is 10.9. The first kappa shape index (κ1) is 15.9. The van der Waals surface area contributed by atoms with Gasteiger partial charge >= 0.3 is 5.97 Å². The molecule has 0 unspecified atom stereocenters. The summed E-state index contributed by atoms with van der Waals surface area (Å²) in [5.41, 5.74) is 0. The zero-order valence-corrected chi connectivity index (χ0v) is 10.9. The van der Waals surface area contributed by atoms with E-state index < -0.39 is 5.97 Å². The summed E-state index contributed by atoms with van der Waals surface area (Å²) in [7, 11) is 0. The smallest absolute Gasteiger partial charge is 0.303 e. The van der Waals surface area contributed by atoms with Gasteiger partial charge in [0.2, 0.25) is 5.91 Å². The van der Waals surface area contributed by atoms with Crippen molar-refractivity contribution >= 4 is 11.9 Å². The molecule has 0 aromatic rings. The molecule has 0 aliphatic carbocycles. The van der Waals surface area contributed by atoms with Gasteiger partial charge in [-0.25, -0.2) is 0 Å². The molecule has 0 aromatic heterocycles. The fourth-order valence-electron chi connectivity index (χ4n) is 1.58. The van der Waals surface area contributed by atoms with Gasteiger partial charge in [-0.1, -0.05) is 6.92 Å². The summed E-state index contributed by atoms with van der Waals surface area (Å²) in [6, 6.07) is 0. The lowest BCUT2D eigenvalue weighted by Gasteiger charge is -2.10. The van der Waals surface area contributed by atoms with Crippen molar-refractivity contribution in [2.75, 3.05) is 26.2 Å². The number of carbonyl (C=O) groups excluding carboxylic acids is 1. The Bertz CT molecular complexity index is 232. The van der Waals surface area contributed by atoms with Crippen LogP contribution in [0.5, 0.6) is 0 Å². The van der Waals surface area contributed by atoms with Crippen LogP contribution in [-0.2, 0) is 9.59 Å². The van der Waals surface area contributed by atoms with Gasteiger partial charge in [-0.15, -0.1) is 0 Å². The molecule has 100 valence electrons. The second-order valence-corrected chi connectivity index (χ2v) is 3.93. The number of aliphatic carboxylic acids is 1. The minimum atomic E-state index is -0.715. The minimum absolute atomic E-state index is 0.271. The zero-order chi connectivity index (χ0) is 13.1. The lowest BCUT2D eigenvalue weighted by molar-refractivity contribution is -0.137. The Morgan fingerprint density at radius 3 is 2.53 bits per heavy atom. The third kappa shape index (κ3) is 8.68. The van der Waals surface area contributed by atoms with Gasteiger partial charge in [0.15, 0.2) is 0 Å². The molecular weight excluding hydrogens is 220 g/mol. The van der Waals surface area contributed by atoms with Crippen molar-refractivity contribution in [1.82, 2.24) is 10.2 Å². The van der Waals surface area contributed by atoms with E-state index in [1.165, 1.54) is 0 Å². The predicted octanol–water partition coefficient (Wildman–Crippen LogP) is 1.09. The first-order valence-electron chi connectivity index (χ1n) is 6.32. The van der Waals surface area contributed by atoms with Gasteiger partial charge in [0, 0.05) is 25.9 Å². The topological polar surface area (TPSA) is 69.6 Å². The highest BCUT2D eigenvalue weighted by Gasteiger charge is 2.16. The molecule has 1 aliphatic rings. The number of nitrogens with zero attached hydrogens (tertiary/aromatic N) is 1. The van der Waals surface area contributed by atoms with E-state index in [0.29, 0.717) is 5.91 Å². The van der Waals surface area contributed by atoms with E-state index in [0.717, 1.165) is 45.4 Å². The molecule has 0 spiro atoms. The van der Waals surface area contributed by atoms with Crippen molar-refractivity contribution in [2.24, 2.45) is 0 Å². The van der Waals surface area contributed by atoms with E-state index in [-0.39, 0.29) is 6.42 Å². The molecule has 1 amide bonds. The second kappa shape index (κ2) is 10.1. The van der Waals surface area contributed by atoms with Crippen LogP contribution in [-0.4, -0.2) is 48.1 Å². The Hall–Kier alpha value is -1.10. The molecular formula is C12H24N2O3. The lowest BCUT2D eigenvalue weighted by Crippen LogP contribution is -2.23. The maximum atomic E-state index is 10.7. The fraction of sp³-hybridized carbons (Fsp3) is 0.833. The maximum absolute atomic E-state index is 10.7. The number of likely N-dealkylation sites (tertiary alicyclic amines) is 1. The molecule has 1 rings (SSSR count). The summed E-state index contributed by atoms with van der Waals surface area (Å²) < 4.78 is 0.